The molecule has 0 spiro atoms. The molecule has 0 aromatic carbocycles. The molecule has 6 nitrogen and oxygen atoms in total. The monoisotopic (exact) mass is 271 g/mol. The van der Waals surface area contributed by atoms with Crippen molar-refractivity contribution in [2.75, 3.05) is 11.1 Å². The lowest BCUT2D eigenvalue weighted by atomic mass is 10.3. The normalized spacial score (nSPS) is 10.3. The summed E-state index contributed by atoms with van der Waals surface area (Å²) in [6.45, 7) is 3.43. The Bertz CT molecular complexity index is 431. The van der Waals surface area contributed by atoms with Crippen LogP contribution in [0.25, 0.3) is 0 Å². The molecule has 0 radical (unpaired) electrons. The minimum Gasteiger partial charge on any atom is -0.477 e. The fourth-order valence-electron chi connectivity index (χ4n) is 1.42. The van der Waals surface area contributed by atoms with Crippen LogP contribution in [-0.4, -0.2) is 32.9 Å². The summed E-state index contributed by atoms with van der Waals surface area (Å²) < 4.78 is 0. The van der Waals surface area contributed by atoms with E-state index >= 15 is 0 Å². The number of anilines is 1. The largest absolute Gasteiger partial charge is 0.477 e. The number of carboxylic acid groups (broad SMARTS) is 1. The van der Waals surface area contributed by atoms with Crippen molar-refractivity contribution in [3.8, 4) is 0 Å². The number of amides is 1. The minimum absolute atomic E-state index is 0.0340. The predicted octanol–water partition coefficient (Wildman–Crippen LogP) is 2.35. The Morgan fingerprint density at radius 2 is 2.17 bits per heavy atom. The molecule has 0 aliphatic carbocycles. The Labute approximate surface area is 110 Å². The van der Waals surface area contributed by atoms with Gasteiger partial charge in [-0.25, -0.2) is 4.79 Å². The predicted molar refractivity (Wildman–Crippen MR) is 70.1 cm³/mol. The molecule has 7 heteroatoms. The Kier molecular flexibility index (Phi) is 5.70. The van der Waals surface area contributed by atoms with E-state index in [0.29, 0.717) is 5.03 Å². The van der Waals surface area contributed by atoms with Gasteiger partial charge in [0, 0.05) is 6.92 Å². The average molecular weight is 271 g/mol. The zero-order chi connectivity index (χ0) is 13.5. The van der Waals surface area contributed by atoms with E-state index < -0.39 is 5.97 Å². The number of unbranched alkanes of at least 4 members (excludes halogenated alkanes) is 2. The van der Waals surface area contributed by atoms with Gasteiger partial charge in [-0.2, -0.15) is 5.10 Å². The van der Waals surface area contributed by atoms with Crippen LogP contribution < -0.4 is 5.32 Å². The second kappa shape index (κ2) is 7.05. The standard InChI is InChI=1S/C11H17N3O3S/c1-3-4-5-6-18-10-8(11(16)17)9(13-14-10)12-7(2)15/h3-6H2,1-2H3,(H,16,17)(H2,12,13,14,15). The van der Waals surface area contributed by atoms with Gasteiger partial charge in [0.2, 0.25) is 5.91 Å². The van der Waals surface area contributed by atoms with Crippen molar-refractivity contribution < 1.29 is 14.7 Å². The number of hydrogen-bond acceptors (Lipinski definition) is 4. The Morgan fingerprint density at radius 3 is 2.72 bits per heavy atom. The number of carbonyl (C=O) groups excluding carboxylic acids is 1. The number of thioether (sulfide) groups is 1. The Balaban J connectivity index is 2.75. The third-order valence-electron chi connectivity index (χ3n) is 2.23. The van der Waals surface area contributed by atoms with Crippen LogP contribution in [0, 0.1) is 0 Å². The maximum absolute atomic E-state index is 11.1. The van der Waals surface area contributed by atoms with E-state index in [0.717, 1.165) is 25.0 Å². The summed E-state index contributed by atoms with van der Waals surface area (Å²) in [6.07, 6.45) is 3.24. The Hall–Kier alpha value is -1.50. The van der Waals surface area contributed by atoms with Crippen molar-refractivity contribution >= 4 is 29.5 Å². The average Bonchev–Trinajstić information content (AvgIpc) is 2.66. The van der Waals surface area contributed by atoms with Crippen LogP contribution >= 0.6 is 11.8 Å². The molecule has 1 amide bonds. The summed E-state index contributed by atoms with van der Waals surface area (Å²) in [5.74, 6) is -0.458. The first-order valence-electron chi connectivity index (χ1n) is 5.78. The highest BCUT2D eigenvalue weighted by Crippen LogP contribution is 2.26. The molecule has 1 rings (SSSR count). The van der Waals surface area contributed by atoms with Crippen LogP contribution in [0.1, 0.15) is 43.5 Å². The molecular weight excluding hydrogens is 254 g/mol. The molecule has 0 saturated heterocycles. The first-order valence-corrected chi connectivity index (χ1v) is 6.76. The maximum Gasteiger partial charge on any atom is 0.342 e. The Morgan fingerprint density at radius 1 is 1.44 bits per heavy atom. The van der Waals surface area contributed by atoms with E-state index in [2.05, 4.69) is 22.4 Å². The van der Waals surface area contributed by atoms with Crippen LogP contribution in [-0.2, 0) is 4.79 Å². The summed E-state index contributed by atoms with van der Waals surface area (Å²) in [4.78, 5) is 22.1. The molecule has 0 unspecified atom stereocenters. The van der Waals surface area contributed by atoms with Crippen molar-refractivity contribution in [2.45, 2.75) is 38.1 Å². The highest BCUT2D eigenvalue weighted by atomic mass is 32.2. The molecule has 0 atom stereocenters. The quantitative estimate of drug-likeness (QED) is 0.522. The van der Waals surface area contributed by atoms with Crippen LogP contribution in [0.4, 0.5) is 5.82 Å². The van der Waals surface area contributed by atoms with Gasteiger partial charge in [-0.1, -0.05) is 19.8 Å². The molecule has 1 aromatic rings. The smallest absolute Gasteiger partial charge is 0.342 e. The zero-order valence-corrected chi connectivity index (χ0v) is 11.3. The lowest BCUT2D eigenvalue weighted by molar-refractivity contribution is -0.114. The van der Waals surface area contributed by atoms with E-state index in [1.807, 2.05) is 0 Å². The van der Waals surface area contributed by atoms with Gasteiger partial charge >= 0.3 is 5.97 Å². The third kappa shape index (κ3) is 4.06. The van der Waals surface area contributed by atoms with Crippen molar-refractivity contribution in [3.63, 3.8) is 0 Å². The molecule has 1 heterocycles. The lowest BCUT2D eigenvalue weighted by Crippen LogP contribution is -2.10. The van der Waals surface area contributed by atoms with E-state index in [1.165, 1.54) is 18.7 Å². The van der Waals surface area contributed by atoms with Crippen molar-refractivity contribution in [2.24, 2.45) is 0 Å². The third-order valence-corrected chi connectivity index (χ3v) is 3.30. The number of aromatic nitrogens is 2. The molecule has 3 N–H and O–H groups in total. The molecule has 100 valence electrons. The number of H-pyrrole nitrogens is 1. The van der Waals surface area contributed by atoms with E-state index in [9.17, 15) is 9.59 Å². The van der Waals surface area contributed by atoms with Gasteiger partial charge in [0.15, 0.2) is 0 Å². The first kappa shape index (κ1) is 14.6. The fraction of sp³-hybridized carbons (Fsp3) is 0.545. The van der Waals surface area contributed by atoms with E-state index in [-0.39, 0.29) is 17.3 Å². The number of carboxylic acids is 1. The molecular formula is C11H17N3O3S. The van der Waals surface area contributed by atoms with Gasteiger partial charge in [0.1, 0.15) is 16.4 Å². The number of aromatic carboxylic acids is 1. The molecule has 0 saturated carbocycles. The summed E-state index contributed by atoms with van der Waals surface area (Å²) in [6, 6.07) is 0. The van der Waals surface area contributed by atoms with Crippen LogP contribution in [0.15, 0.2) is 5.03 Å². The van der Waals surface area contributed by atoms with Crippen molar-refractivity contribution in [1.29, 1.82) is 0 Å². The van der Waals surface area contributed by atoms with Crippen LogP contribution in [0.2, 0.25) is 0 Å². The number of rotatable bonds is 7. The molecule has 0 aliphatic heterocycles. The summed E-state index contributed by atoms with van der Waals surface area (Å²) in [5, 5.41) is 18.4. The van der Waals surface area contributed by atoms with Gasteiger partial charge < -0.3 is 10.4 Å². The summed E-state index contributed by atoms with van der Waals surface area (Å²) in [7, 11) is 0. The first-order chi connectivity index (χ1) is 8.56. The topological polar surface area (TPSA) is 95.1 Å². The van der Waals surface area contributed by atoms with E-state index in [1.54, 1.807) is 0 Å². The van der Waals surface area contributed by atoms with Crippen molar-refractivity contribution in [1.82, 2.24) is 10.2 Å². The number of aromatic amines is 1. The SMILES string of the molecule is CCCCCSc1n[nH]c(NC(C)=O)c1C(=O)O. The van der Waals surface area contributed by atoms with Crippen LogP contribution in [0.5, 0.6) is 0 Å². The second-order valence-electron chi connectivity index (χ2n) is 3.82. The molecule has 0 aliphatic rings. The number of nitrogens with zero attached hydrogens (tertiary/aromatic N) is 1. The second-order valence-corrected chi connectivity index (χ2v) is 4.90. The lowest BCUT2D eigenvalue weighted by Gasteiger charge is -2.01. The highest BCUT2D eigenvalue weighted by molar-refractivity contribution is 7.99. The molecule has 0 bridgehead atoms. The number of carbonyl (C=O) groups is 2. The van der Waals surface area contributed by atoms with Gasteiger partial charge in [-0.15, -0.1) is 11.8 Å². The fourth-order valence-corrected chi connectivity index (χ4v) is 2.40. The molecule has 0 fully saturated rings. The van der Waals surface area contributed by atoms with Crippen molar-refractivity contribution in [3.05, 3.63) is 5.56 Å². The summed E-state index contributed by atoms with van der Waals surface area (Å²) in [5.41, 5.74) is 0.0340. The molecule has 18 heavy (non-hydrogen) atoms. The zero-order valence-electron chi connectivity index (χ0n) is 10.4. The molecule has 1 aromatic heterocycles. The number of nitrogens with one attached hydrogen (secondary N) is 2. The summed E-state index contributed by atoms with van der Waals surface area (Å²) >= 11 is 1.39. The maximum atomic E-state index is 11.1. The van der Waals surface area contributed by atoms with Gasteiger partial charge in [-0.05, 0) is 12.2 Å². The van der Waals surface area contributed by atoms with Crippen LogP contribution in [0.3, 0.4) is 0 Å². The minimum atomic E-state index is -1.09. The van der Waals surface area contributed by atoms with Gasteiger partial charge in [-0.3, -0.25) is 9.89 Å². The van der Waals surface area contributed by atoms with Gasteiger partial charge in [0.25, 0.3) is 0 Å². The van der Waals surface area contributed by atoms with Gasteiger partial charge in [0.05, 0.1) is 0 Å². The number of hydrogen-bond donors (Lipinski definition) is 3. The highest BCUT2D eigenvalue weighted by Gasteiger charge is 2.20. The van der Waals surface area contributed by atoms with E-state index in [4.69, 9.17) is 5.11 Å².